The summed E-state index contributed by atoms with van der Waals surface area (Å²) in [5, 5.41) is 2.87. The highest BCUT2D eigenvalue weighted by atomic mass is 16.5. The predicted molar refractivity (Wildman–Crippen MR) is 110 cm³/mol. The van der Waals surface area contributed by atoms with Crippen molar-refractivity contribution in [2.45, 2.75) is 6.61 Å². The summed E-state index contributed by atoms with van der Waals surface area (Å²) in [4.78, 5) is 23.1. The molecule has 1 N–H and O–H groups in total. The second kappa shape index (κ2) is 9.16. The van der Waals surface area contributed by atoms with Crippen LogP contribution in [-0.2, 0) is 11.3 Å². The summed E-state index contributed by atoms with van der Waals surface area (Å²) in [5.74, 6) is 1.40. The molecule has 1 aliphatic heterocycles. The van der Waals surface area contributed by atoms with Gasteiger partial charge >= 0.3 is 0 Å². The van der Waals surface area contributed by atoms with Gasteiger partial charge in [-0.15, -0.1) is 0 Å². The van der Waals surface area contributed by atoms with Crippen molar-refractivity contribution in [1.82, 2.24) is 9.97 Å². The van der Waals surface area contributed by atoms with Gasteiger partial charge in [-0.3, -0.25) is 9.78 Å². The van der Waals surface area contributed by atoms with Gasteiger partial charge in [-0.25, -0.2) is 4.98 Å². The van der Waals surface area contributed by atoms with Gasteiger partial charge in [-0.05, 0) is 42.5 Å². The lowest BCUT2D eigenvalue weighted by atomic mass is 10.2. The zero-order chi connectivity index (χ0) is 19.9. The summed E-state index contributed by atoms with van der Waals surface area (Å²) in [6.07, 6.45) is 5.16. The Labute approximate surface area is 169 Å². The van der Waals surface area contributed by atoms with E-state index < -0.39 is 0 Å². The zero-order valence-electron chi connectivity index (χ0n) is 16.0. The monoisotopic (exact) mass is 390 g/mol. The molecule has 29 heavy (non-hydrogen) atoms. The van der Waals surface area contributed by atoms with Crippen LogP contribution in [0.3, 0.4) is 0 Å². The number of nitrogens with zero attached hydrogens (tertiary/aromatic N) is 3. The van der Waals surface area contributed by atoms with Gasteiger partial charge in [0.15, 0.2) is 0 Å². The molecule has 1 aliphatic rings. The fourth-order valence-electron chi connectivity index (χ4n) is 3.00. The Morgan fingerprint density at radius 3 is 2.59 bits per heavy atom. The Kier molecular flexibility index (Phi) is 5.97. The normalized spacial score (nSPS) is 13.7. The van der Waals surface area contributed by atoms with Crippen LogP contribution in [0.2, 0.25) is 0 Å². The van der Waals surface area contributed by atoms with Crippen LogP contribution in [0, 0.1) is 0 Å². The summed E-state index contributed by atoms with van der Waals surface area (Å²) in [6.45, 7) is 3.51. The molecule has 3 aromatic rings. The molecule has 1 fully saturated rings. The van der Waals surface area contributed by atoms with Gasteiger partial charge < -0.3 is 19.7 Å². The molecule has 0 unspecified atom stereocenters. The number of nitrogens with one attached hydrogen (secondary N) is 1. The molecule has 0 radical (unpaired) electrons. The third-order valence-corrected chi connectivity index (χ3v) is 4.59. The van der Waals surface area contributed by atoms with E-state index in [9.17, 15) is 4.79 Å². The van der Waals surface area contributed by atoms with Gasteiger partial charge in [-0.2, -0.15) is 0 Å². The number of amides is 1. The SMILES string of the molecule is O=C(Nc1ccc(N2CCOCC2)nc1)c1ccc(OCc2cccnc2)cc1. The first-order chi connectivity index (χ1) is 14.3. The van der Waals surface area contributed by atoms with Gasteiger partial charge in [-0.1, -0.05) is 6.07 Å². The fourth-order valence-corrected chi connectivity index (χ4v) is 3.00. The lowest BCUT2D eigenvalue weighted by Crippen LogP contribution is -2.36. The molecule has 0 saturated carbocycles. The molecule has 0 bridgehead atoms. The van der Waals surface area contributed by atoms with Crippen molar-refractivity contribution < 1.29 is 14.3 Å². The fraction of sp³-hybridized carbons (Fsp3) is 0.227. The number of rotatable bonds is 6. The van der Waals surface area contributed by atoms with E-state index in [1.807, 2.05) is 24.3 Å². The van der Waals surface area contributed by atoms with Crippen LogP contribution in [0.1, 0.15) is 15.9 Å². The van der Waals surface area contributed by atoms with Gasteiger partial charge in [0.2, 0.25) is 0 Å². The number of anilines is 2. The predicted octanol–water partition coefficient (Wildman–Crippen LogP) is 3.14. The molecule has 4 rings (SSSR count). The van der Waals surface area contributed by atoms with E-state index in [2.05, 4.69) is 20.2 Å². The first-order valence-electron chi connectivity index (χ1n) is 9.50. The minimum Gasteiger partial charge on any atom is -0.489 e. The molecule has 0 atom stereocenters. The average molecular weight is 390 g/mol. The Hall–Kier alpha value is -3.45. The number of hydrogen-bond donors (Lipinski definition) is 1. The van der Waals surface area contributed by atoms with Crippen molar-refractivity contribution in [3.05, 3.63) is 78.2 Å². The van der Waals surface area contributed by atoms with Gasteiger partial charge in [0.1, 0.15) is 18.2 Å². The number of benzene rings is 1. The standard InChI is InChI=1S/C22H22N4O3/c27-22(25-19-5-8-21(24-15-19)26-10-12-28-13-11-26)18-3-6-20(7-4-18)29-16-17-2-1-9-23-14-17/h1-9,14-15H,10-13,16H2,(H,25,27). The molecule has 3 heterocycles. The van der Waals surface area contributed by atoms with Gasteiger partial charge in [0, 0.05) is 36.6 Å². The van der Waals surface area contributed by atoms with Crippen molar-refractivity contribution in [3.63, 3.8) is 0 Å². The van der Waals surface area contributed by atoms with Crippen LogP contribution in [-0.4, -0.2) is 42.2 Å². The Balaban J connectivity index is 1.32. The maximum atomic E-state index is 12.5. The smallest absolute Gasteiger partial charge is 0.255 e. The molecule has 0 aliphatic carbocycles. The molecule has 1 amide bonds. The number of carbonyl (C=O) groups excluding carboxylic acids is 1. The second-order valence-electron chi connectivity index (χ2n) is 6.63. The quantitative estimate of drug-likeness (QED) is 0.697. The van der Waals surface area contributed by atoms with E-state index in [0.717, 1.165) is 24.5 Å². The molecular weight excluding hydrogens is 368 g/mol. The van der Waals surface area contributed by atoms with Crippen molar-refractivity contribution in [2.75, 3.05) is 36.5 Å². The Bertz CT molecular complexity index is 925. The van der Waals surface area contributed by atoms with E-state index in [0.29, 0.717) is 36.8 Å². The van der Waals surface area contributed by atoms with Crippen LogP contribution >= 0.6 is 0 Å². The maximum Gasteiger partial charge on any atom is 0.255 e. The number of pyridine rings is 2. The first kappa shape index (κ1) is 18.9. The summed E-state index contributed by atoms with van der Waals surface area (Å²) >= 11 is 0. The minimum atomic E-state index is -0.190. The highest BCUT2D eigenvalue weighted by Crippen LogP contribution is 2.18. The Morgan fingerprint density at radius 2 is 1.90 bits per heavy atom. The lowest BCUT2D eigenvalue weighted by molar-refractivity contribution is 0.102. The van der Waals surface area contributed by atoms with Crippen LogP contribution < -0.4 is 15.0 Å². The lowest BCUT2D eigenvalue weighted by Gasteiger charge is -2.27. The van der Waals surface area contributed by atoms with E-state index in [1.165, 1.54) is 0 Å². The van der Waals surface area contributed by atoms with E-state index >= 15 is 0 Å². The summed E-state index contributed by atoms with van der Waals surface area (Å²) in [5.41, 5.74) is 2.20. The third-order valence-electron chi connectivity index (χ3n) is 4.59. The van der Waals surface area contributed by atoms with Crippen molar-refractivity contribution in [2.24, 2.45) is 0 Å². The van der Waals surface area contributed by atoms with Crippen LogP contribution in [0.4, 0.5) is 11.5 Å². The van der Waals surface area contributed by atoms with Crippen molar-refractivity contribution >= 4 is 17.4 Å². The summed E-state index contributed by atoms with van der Waals surface area (Å²) < 4.78 is 11.1. The van der Waals surface area contributed by atoms with Crippen molar-refractivity contribution in [1.29, 1.82) is 0 Å². The molecule has 1 saturated heterocycles. The zero-order valence-corrected chi connectivity index (χ0v) is 16.0. The molecule has 7 nitrogen and oxygen atoms in total. The van der Waals surface area contributed by atoms with E-state index in [4.69, 9.17) is 9.47 Å². The second-order valence-corrected chi connectivity index (χ2v) is 6.63. The molecule has 0 spiro atoms. The van der Waals surface area contributed by atoms with E-state index in [1.54, 1.807) is 42.9 Å². The van der Waals surface area contributed by atoms with Crippen LogP contribution in [0.15, 0.2) is 67.1 Å². The molecule has 148 valence electrons. The highest BCUT2D eigenvalue weighted by Gasteiger charge is 2.13. The number of carbonyl (C=O) groups is 1. The molecule has 2 aromatic heterocycles. The van der Waals surface area contributed by atoms with E-state index in [-0.39, 0.29) is 5.91 Å². The number of ether oxygens (including phenoxy) is 2. The molecular formula is C22H22N4O3. The topological polar surface area (TPSA) is 76.6 Å². The largest absolute Gasteiger partial charge is 0.489 e. The Morgan fingerprint density at radius 1 is 1.07 bits per heavy atom. The third kappa shape index (κ3) is 5.08. The van der Waals surface area contributed by atoms with Gasteiger partial charge in [0.25, 0.3) is 5.91 Å². The summed E-state index contributed by atoms with van der Waals surface area (Å²) in [7, 11) is 0. The number of aromatic nitrogens is 2. The van der Waals surface area contributed by atoms with Gasteiger partial charge in [0.05, 0.1) is 25.1 Å². The molecule has 1 aromatic carbocycles. The highest BCUT2D eigenvalue weighted by molar-refractivity contribution is 6.04. The van der Waals surface area contributed by atoms with Crippen LogP contribution in [0.25, 0.3) is 0 Å². The summed E-state index contributed by atoms with van der Waals surface area (Å²) in [6, 6.07) is 14.6. The number of hydrogen-bond acceptors (Lipinski definition) is 6. The first-order valence-corrected chi connectivity index (χ1v) is 9.50. The number of morpholine rings is 1. The minimum absolute atomic E-state index is 0.190. The average Bonchev–Trinajstić information content (AvgIpc) is 2.80. The maximum absolute atomic E-state index is 12.5. The van der Waals surface area contributed by atoms with Crippen LogP contribution in [0.5, 0.6) is 5.75 Å². The van der Waals surface area contributed by atoms with Crippen molar-refractivity contribution in [3.8, 4) is 5.75 Å². The molecule has 7 heteroatoms.